The molecule has 0 atom stereocenters. The topological polar surface area (TPSA) is 110 Å². The number of rotatable bonds is 10. The van der Waals surface area contributed by atoms with Crippen LogP contribution in [0.5, 0.6) is 0 Å². The van der Waals surface area contributed by atoms with Crippen LogP contribution in [-0.4, -0.2) is 49.2 Å². The molecule has 236 valence electrons. The van der Waals surface area contributed by atoms with Crippen molar-refractivity contribution in [2.24, 2.45) is 5.10 Å². The van der Waals surface area contributed by atoms with Gasteiger partial charge >= 0.3 is 0 Å². The summed E-state index contributed by atoms with van der Waals surface area (Å²) in [7, 11) is 0. The van der Waals surface area contributed by atoms with Crippen LogP contribution in [0.4, 0.5) is 4.39 Å². The highest BCUT2D eigenvalue weighted by atomic mass is 19.1. The highest BCUT2D eigenvalue weighted by Gasteiger charge is 2.30. The number of carbonyl (C=O) groups is 1. The van der Waals surface area contributed by atoms with Crippen molar-refractivity contribution < 1.29 is 19.0 Å². The van der Waals surface area contributed by atoms with Crippen molar-refractivity contribution in [3.05, 3.63) is 93.3 Å². The lowest BCUT2D eigenvalue weighted by Gasteiger charge is -2.32. The fraction of sp³-hybridized carbons (Fsp3) is 0.429. The van der Waals surface area contributed by atoms with E-state index < -0.39 is 11.4 Å². The van der Waals surface area contributed by atoms with E-state index in [9.17, 15) is 14.7 Å². The van der Waals surface area contributed by atoms with Crippen molar-refractivity contribution in [1.29, 1.82) is 0 Å². The SMILES string of the molecule is CCCc1c(Cc2ccc(-c3ccccc3)c(C3=NNC(=O)C3)c2F)c(=O)n(C2CCC(OCC(C)(C)O)CC2)c2ccnn12. The fourth-order valence-electron chi connectivity index (χ4n) is 6.60. The van der Waals surface area contributed by atoms with Gasteiger partial charge in [0.05, 0.1) is 42.3 Å². The molecular weight excluding hydrogens is 573 g/mol. The molecule has 2 aliphatic rings. The Labute approximate surface area is 261 Å². The standard InChI is InChI=1S/C35H40FN5O4/c1-4-8-29-27(19-23-11-16-26(22-9-6-5-7-10-22)32(33(23)36)28-20-30(42)39-38-28)34(43)40(31-17-18-37-41(29)31)24-12-14-25(15-13-24)45-21-35(2,3)44/h5-7,9-11,16-18,24-25,44H,4,8,12-15,19-21H2,1-3H3,(H,39,42). The summed E-state index contributed by atoms with van der Waals surface area (Å²) in [5, 5.41) is 18.9. The Morgan fingerprint density at radius 3 is 2.49 bits per heavy atom. The van der Waals surface area contributed by atoms with Crippen LogP contribution in [0.25, 0.3) is 16.8 Å². The van der Waals surface area contributed by atoms with E-state index in [2.05, 4.69) is 22.5 Å². The van der Waals surface area contributed by atoms with E-state index in [0.29, 0.717) is 28.8 Å². The van der Waals surface area contributed by atoms with Gasteiger partial charge in [-0.05, 0) is 62.6 Å². The lowest BCUT2D eigenvalue weighted by molar-refractivity contribution is -0.119. The molecule has 0 spiro atoms. The van der Waals surface area contributed by atoms with E-state index in [1.807, 2.05) is 51.5 Å². The van der Waals surface area contributed by atoms with Crippen LogP contribution in [0.15, 0.2) is 64.6 Å². The molecule has 4 aromatic rings. The van der Waals surface area contributed by atoms with Gasteiger partial charge in [-0.3, -0.25) is 14.2 Å². The van der Waals surface area contributed by atoms with Gasteiger partial charge in [0.15, 0.2) is 0 Å². The first-order valence-electron chi connectivity index (χ1n) is 15.8. The number of hydrazone groups is 1. The zero-order chi connectivity index (χ0) is 31.7. The summed E-state index contributed by atoms with van der Waals surface area (Å²) in [4.78, 5) is 26.5. The van der Waals surface area contributed by atoms with Crippen molar-refractivity contribution >= 4 is 17.3 Å². The summed E-state index contributed by atoms with van der Waals surface area (Å²) in [6.07, 6.45) is 6.24. The lowest BCUT2D eigenvalue weighted by atomic mass is 9.90. The molecule has 1 aliphatic heterocycles. The van der Waals surface area contributed by atoms with Gasteiger partial charge in [-0.25, -0.2) is 14.3 Å². The minimum Gasteiger partial charge on any atom is -0.388 e. The molecule has 45 heavy (non-hydrogen) atoms. The van der Waals surface area contributed by atoms with Gasteiger partial charge in [0.2, 0.25) is 5.91 Å². The van der Waals surface area contributed by atoms with Gasteiger partial charge in [0.1, 0.15) is 11.5 Å². The number of benzene rings is 2. The first-order valence-corrected chi connectivity index (χ1v) is 15.8. The second-order valence-corrected chi connectivity index (χ2v) is 12.8. The van der Waals surface area contributed by atoms with Crippen LogP contribution in [0, 0.1) is 5.82 Å². The fourth-order valence-corrected chi connectivity index (χ4v) is 6.60. The third-order valence-electron chi connectivity index (χ3n) is 8.72. The molecular formula is C35H40FN5O4. The average Bonchev–Trinajstić information content (AvgIpc) is 3.68. The van der Waals surface area contributed by atoms with Gasteiger partial charge in [0, 0.05) is 29.7 Å². The van der Waals surface area contributed by atoms with Crippen molar-refractivity contribution in [1.82, 2.24) is 19.6 Å². The van der Waals surface area contributed by atoms with E-state index in [1.54, 1.807) is 26.1 Å². The molecule has 9 nitrogen and oxygen atoms in total. The number of ether oxygens (including phenoxy) is 1. The van der Waals surface area contributed by atoms with Gasteiger partial charge in [-0.15, -0.1) is 0 Å². The molecule has 2 N–H and O–H groups in total. The zero-order valence-electron chi connectivity index (χ0n) is 26.1. The number of nitrogens with zero attached hydrogens (tertiary/aromatic N) is 4. The van der Waals surface area contributed by atoms with Gasteiger partial charge in [-0.1, -0.05) is 55.8 Å². The van der Waals surface area contributed by atoms with Crippen molar-refractivity contribution in [3.8, 4) is 11.1 Å². The van der Waals surface area contributed by atoms with Crippen LogP contribution >= 0.6 is 0 Å². The Bertz CT molecular complexity index is 1800. The number of aliphatic hydroxyl groups is 1. The second kappa shape index (κ2) is 12.7. The minimum absolute atomic E-state index is 0.0183. The van der Waals surface area contributed by atoms with Crippen LogP contribution in [0.1, 0.15) is 87.7 Å². The van der Waals surface area contributed by atoms with E-state index in [-0.39, 0.29) is 48.6 Å². The number of amides is 1. The Hall–Kier alpha value is -4.15. The maximum absolute atomic E-state index is 16.7. The Balaban J connectivity index is 1.41. The van der Waals surface area contributed by atoms with Gasteiger partial charge in [0.25, 0.3) is 5.56 Å². The Morgan fingerprint density at radius 1 is 1.07 bits per heavy atom. The Morgan fingerprint density at radius 2 is 1.82 bits per heavy atom. The predicted molar refractivity (Wildman–Crippen MR) is 171 cm³/mol. The summed E-state index contributed by atoms with van der Waals surface area (Å²) in [6.45, 7) is 5.77. The molecule has 2 aromatic heterocycles. The van der Waals surface area contributed by atoms with E-state index in [4.69, 9.17) is 4.74 Å². The highest BCUT2D eigenvalue weighted by Crippen LogP contribution is 2.33. The number of hydrogen-bond donors (Lipinski definition) is 2. The third-order valence-corrected chi connectivity index (χ3v) is 8.72. The van der Waals surface area contributed by atoms with Crippen molar-refractivity contribution in [2.75, 3.05) is 6.61 Å². The monoisotopic (exact) mass is 613 g/mol. The summed E-state index contributed by atoms with van der Waals surface area (Å²) >= 11 is 0. The molecule has 0 unspecified atom stereocenters. The molecule has 0 bridgehead atoms. The van der Waals surface area contributed by atoms with Crippen LogP contribution in [-0.2, 0) is 22.4 Å². The largest absolute Gasteiger partial charge is 0.388 e. The number of carbonyl (C=O) groups excluding carboxylic acids is 1. The number of aromatic nitrogens is 3. The maximum Gasteiger partial charge on any atom is 0.257 e. The summed E-state index contributed by atoms with van der Waals surface area (Å²) < 4.78 is 26.3. The highest BCUT2D eigenvalue weighted by molar-refractivity contribution is 6.16. The van der Waals surface area contributed by atoms with E-state index >= 15 is 4.39 Å². The average molecular weight is 614 g/mol. The summed E-state index contributed by atoms with van der Waals surface area (Å²) in [5.41, 5.74) is 5.91. The molecule has 2 aromatic carbocycles. The smallest absolute Gasteiger partial charge is 0.257 e. The molecule has 0 saturated heterocycles. The van der Waals surface area contributed by atoms with Gasteiger partial charge < -0.3 is 9.84 Å². The quantitative estimate of drug-likeness (QED) is 0.251. The van der Waals surface area contributed by atoms with Crippen LogP contribution in [0.3, 0.4) is 0 Å². The summed E-state index contributed by atoms with van der Waals surface area (Å²) in [5.74, 6) is -0.767. The molecule has 1 amide bonds. The van der Waals surface area contributed by atoms with E-state index in [1.165, 1.54) is 0 Å². The lowest BCUT2D eigenvalue weighted by Crippen LogP contribution is -2.36. The minimum atomic E-state index is -0.896. The van der Waals surface area contributed by atoms with Gasteiger partial charge in [-0.2, -0.15) is 10.2 Å². The summed E-state index contributed by atoms with van der Waals surface area (Å²) in [6, 6.07) is 14.9. The normalized spacial score (nSPS) is 18.8. The Kier molecular flexibility index (Phi) is 8.70. The number of fused-ring (bicyclic) bond motifs is 1. The first-order chi connectivity index (χ1) is 21.6. The predicted octanol–water partition coefficient (Wildman–Crippen LogP) is 5.34. The first kappa shape index (κ1) is 30.9. The second-order valence-electron chi connectivity index (χ2n) is 12.8. The number of halogens is 1. The number of aryl methyl sites for hydroxylation is 1. The molecule has 1 saturated carbocycles. The molecule has 3 heterocycles. The van der Waals surface area contributed by atoms with Crippen molar-refractivity contribution in [3.63, 3.8) is 0 Å². The van der Waals surface area contributed by atoms with E-state index in [0.717, 1.165) is 49.0 Å². The number of hydrogen-bond acceptors (Lipinski definition) is 6. The van der Waals surface area contributed by atoms with Crippen molar-refractivity contribution in [2.45, 2.75) is 89.9 Å². The van der Waals surface area contributed by atoms with Crippen LogP contribution < -0.4 is 11.0 Å². The zero-order valence-corrected chi connectivity index (χ0v) is 26.1. The maximum atomic E-state index is 16.7. The molecule has 1 fully saturated rings. The molecule has 0 radical (unpaired) electrons. The number of nitrogens with one attached hydrogen (secondary N) is 1. The molecule has 1 aliphatic carbocycles. The van der Waals surface area contributed by atoms with Crippen LogP contribution in [0.2, 0.25) is 0 Å². The molecule has 6 rings (SSSR count). The molecule has 10 heteroatoms. The third kappa shape index (κ3) is 6.35.